The number of carbonyl (C=O) groups excluding carboxylic acids is 2. The standard InChI is InChI=1S/C22H26FN3O2/c1-22(2,3)21(28)24-16-8-10-17(11-9-16)25-12-14-26(15-13-25)20(27)18-6-4-5-7-19(18)23/h4-11H,12-15H2,1-3H3,(H,24,28). The average Bonchev–Trinajstić information content (AvgIpc) is 2.68. The van der Waals surface area contributed by atoms with E-state index < -0.39 is 11.2 Å². The minimum atomic E-state index is -0.483. The third-order valence-corrected chi connectivity index (χ3v) is 4.84. The molecule has 0 saturated carbocycles. The van der Waals surface area contributed by atoms with Crippen molar-refractivity contribution in [2.75, 3.05) is 36.4 Å². The maximum absolute atomic E-state index is 13.9. The van der Waals surface area contributed by atoms with Gasteiger partial charge in [0.05, 0.1) is 5.56 Å². The number of nitrogens with zero attached hydrogens (tertiary/aromatic N) is 2. The number of piperazine rings is 1. The number of carbonyl (C=O) groups is 2. The normalized spacial score (nSPS) is 14.7. The van der Waals surface area contributed by atoms with Crippen molar-refractivity contribution in [2.45, 2.75) is 20.8 Å². The molecular weight excluding hydrogens is 357 g/mol. The van der Waals surface area contributed by atoms with Crippen LogP contribution in [0.3, 0.4) is 0 Å². The summed E-state index contributed by atoms with van der Waals surface area (Å²) in [6, 6.07) is 13.8. The number of benzene rings is 2. The van der Waals surface area contributed by atoms with Crippen LogP contribution in [0.2, 0.25) is 0 Å². The second kappa shape index (κ2) is 8.00. The fourth-order valence-corrected chi connectivity index (χ4v) is 3.05. The van der Waals surface area contributed by atoms with Crippen molar-refractivity contribution in [3.8, 4) is 0 Å². The molecule has 6 heteroatoms. The Bertz CT molecular complexity index is 851. The van der Waals surface area contributed by atoms with Crippen LogP contribution >= 0.6 is 0 Å². The van der Waals surface area contributed by atoms with Gasteiger partial charge in [0.15, 0.2) is 0 Å². The van der Waals surface area contributed by atoms with E-state index >= 15 is 0 Å². The third-order valence-electron chi connectivity index (χ3n) is 4.84. The van der Waals surface area contributed by atoms with E-state index in [-0.39, 0.29) is 17.4 Å². The van der Waals surface area contributed by atoms with Crippen molar-refractivity contribution in [3.05, 3.63) is 59.9 Å². The Morgan fingerprint density at radius 2 is 1.54 bits per heavy atom. The zero-order valence-corrected chi connectivity index (χ0v) is 16.5. The van der Waals surface area contributed by atoms with E-state index in [1.807, 2.05) is 45.0 Å². The molecule has 1 fully saturated rings. The van der Waals surface area contributed by atoms with Crippen LogP contribution in [0, 0.1) is 11.2 Å². The van der Waals surface area contributed by atoms with Crippen molar-refractivity contribution in [3.63, 3.8) is 0 Å². The van der Waals surface area contributed by atoms with Crippen LogP contribution in [0.25, 0.3) is 0 Å². The summed E-state index contributed by atoms with van der Waals surface area (Å²) in [5, 5.41) is 2.91. The van der Waals surface area contributed by atoms with Gasteiger partial charge in [-0.15, -0.1) is 0 Å². The number of hydrogen-bond donors (Lipinski definition) is 1. The van der Waals surface area contributed by atoms with Crippen molar-refractivity contribution < 1.29 is 14.0 Å². The first kappa shape index (κ1) is 19.9. The summed E-state index contributed by atoms with van der Waals surface area (Å²) in [6.07, 6.45) is 0. The molecule has 0 bridgehead atoms. The monoisotopic (exact) mass is 383 g/mol. The zero-order chi connectivity index (χ0) is 20.3. The molecule has 2 amide bonds. The van der Waals surface area contributed by atoms with E-state index in [4.69, 9.17) is 0 Å². The van der Waals surface area contributed by atoms with Gasteiger partial charge in [-0.05, 0) is 36.4 Å². The van der Waals surface area contributed by atoms with Crippen molar-refractivity contribution in [1.82, 2.24) is 4.90 Å². The summed E-state index contributed by atoms with van der Waals surface area (Å²) in [6.45, 7) is 8.05. The van der Waals surface area contributed by atoms with Crippen LogP contribution < -0.4 is 10.2 Å². The molecule has 0 atom stereocenters. The summed E-state index contributed by atoms with van der Waals surface area (Å²) in [4.78, 5) is 28.5. The van der Waals surface area contributed by atoms with E-state index in [0.717, 1.165) is 11.4 Å². The summed E-state index contributed by atoms with van der Waals surface area (Å²) in [7, 11) is 0. The molecule has 1 saturated heterocycles. The SMILES string of the molecule is CC(C)(C)C(=O)Nc1ccc(N2CCN(C(=O)c3ccccc3F)CC2)cc1. The van der Waals surface area contributed by atoms with E-state index in [0.29, 0.717) is 26.2 Å². The molecule has 1 aliphatic rings. The van der Waals surface area contributed by atoms with E-state index in [9.17, 15) is 14.0 Å². The number of halogens is 1. The second-order valence-corrected chi connectivity index (χ2v) is 8.01. The number of amides is 2. The van der Waals surface area contributed by atoms with Gasteiger partial charge in [-0.3, -0.25) is 9.59 Å². The number of nitrogens with one attached hydrogen (secondary N) is 1. The topological polar surface area (TPSA) is 52.7 Å². The maximum Gasteiger partial charge on any atom is 0.256 e. The molecule has 0 aromatic heterocycles. The lowest BCUT2D eigenvalue weighted by Crippen LogP contribution is -2.49. The smallest absolute Gasteiger partial charge is 0.256 e. The van der Waals surface area contributed by atoms with Crippen LogP contribution in [0.15, 0.2) is 48.5 Å². The highest BCUT2D eigenvalue weighted by atomic mass is 19.1. The molecule has 1 N–H and O–H groups in total. The Hall–Kier alpha value is -2.89. The predicted octanol–water partition coefficient (Wildman–Crippen LogP) is 3.77. The van der Waals surface area contributed by atoms with Crippen molar-refractivity contribution >= 4 is 23.2 Å². The van der Waals surface area contributed by atoms with Crippen LogP contribution in [0.4, 0.5) is 15.8 Å². The number of rotatable bonds is 3. The lowest BCUT2D eigenvalue weighted by Gasteiger charge is -2.36. The van der Waals surface area contributed by atoms with Gasteiger partial charge in [-0.1, -0.05) is 32.9 Å². The minimum Gasteiger partial charge on any atom is -0.368 e. The molecule has 0 unspecified atom stereocenters. The van der Waals surface area contributed by atoms with Gasteiger partial charge in [-0.25, -0.2) is 4.39 Å². The molecular formula is C22H26FN3O2. The molecule has 2 aromatic rings. The molecule has 148 valence electrons. The van der Waals surface area contributed by atoms with Gasteiger partial charge < -0.3 is 15.1 Å². The highest BCUT2D eigenvalue weighted by molar-refractivity contribution is 5.95. The largest absolute Gasteiger partial charge is 0.368 e. The fraction of sp³-hybridized carbons (Fsp3) is 0.364. The summed E-state index contributed by atoms with van der Waals surface area (Å²) >= 11 is 0. The van der Waals surface area contributed by atoms with E-state index in [1.165, 1.54) is 12.1 Å². The Morgan fingerprint density at radius 3 is 2.11 bits per heavy atom. The van der Waals surface area contributed by atoms with Crippen LogP contribution in [-0.4, -0.2) is 42.9 Å². The highest BCUT2D eigenvalue weighted by Gasteiger charge is 2.24. The molecule has 28 heavy (non-hydrogen) atoms. The first-order chi connectivity index (χ1) is 13.3. The van der Waals surface area contributed by atoms with Gasteiger partial charge in [0, 0.05) is 43.0 Å². The predicted molar refractivity (Wildman–Crippen MR) is 109 cm³/mol. The quantitative estimate of drug-likeness (QED) is 0.878. The van der Waals surface area contributed by atoms with Crippen LogP contribution in [-0.2, 0) is 4.79 Å². The molecule has 3 rings (SSSR count). The molecule has 0 radical (unpaired) electrons. The lowest BCUT2D eigenvalue weighted by molar-refractivity contribution is -0.123. The van der Waals surface area contributed by atoms with Crippen molar-refractivity contribution in [1.29, 1.82) is 0 Å². The van der Waals surface area contributed by atoms with Gasteiger partial charge in [0.1, 0.15) is 5.82 Å². The van der Waals surface area contributed by atoms with Crippen molar-refractivity contribution in [2.24, 2.45) is 5.41 Å². The summed E-state index contributed by atoms with van der Waals surface area (Å²) in [5.41, 5.74) is 1.47. The molecule has 5 nitrogen and oxygen atoms in total. The first-order valence-electron chi connectivity index (χ1n) is 9.46. The molecule has 0 aliphatic carbocycles. The third kappa shape index (κ3) is 4.50. The second-order valence-electron chi connectivity index (χ2n) is 8.01. The molecule has 1 heterocycles. The van der Waals surface area contributed by atoms with E-state index in [2.05, 4.69) is 10.2 Å². The number of hydrogen-bond acceptors (Lipinski definition) is 3. The Balaban J connectivity index is 1.58. The maximum atomic E-state index is 13.9. The van der Waals surface area contributed by atoms with Crippen LogP contribution in [0.1, 0.15) is 31.1 Å². The van der Waals surface area contributed by atoms with Gasteiger partial charge in [-0.2, -0.15) is 0 Å². The van der Waals surface area contributed by atoms with Gasteiger partial charge >= 0.3 is 0 Å². The van der Waals surface area contributed by atoms with Crippen LogP contribution in [0.5, 0.6) is 0 Å². The zero-order valence-electron chi connectivity index (χ0n) is 16.5. The van der Waals surface area contributed by atoms with Gasteiger partial charge in [0.25, 0.3) is 5.91 Å². The molecule has 2 aromatic carbocycles. The summed E-state index contributed by atoms with van der Waals surface area (Å²) in [5.74, 6) is -0.777. The lowest BCUT2D eigenvalue weighted by atomic mass is 9.95. The molecule has 1 aliphatic heterocycles. The van der Waals surface area contributed by atoms with E-state index in [1.54, 1.807) is 17.0 Å². The summed E-state index contributed by atoms with van der Waals surface area (Å²) < 4.78 is 13.9. The minimum absolute atomic E-state index is 0.0273. The average molecular weight is 383 g/mol. The molecule has 0 spiro atoms. The first-order valence-corrected chi connectivity index (χ1v) is 9.46. The Morgan fingerprint density at radius 1 is 0.929 bits per heavy atom. The fourth-order valence-electron chi connectivity index (χ4n) is 3.05. The van der Waals surface area contributed by atoms with Gasteiger partial charge in [0.2, 0.25) is 5.91 Å². The number of anilines is 2. The Kier molecular flexibility index (Phi) is 5.68. The highest BCUT2D eigenvalue weighted by Crippen LogP contribution is 2.22. The Labute approximate surface area is 165 Å².